The van der Waals surface area contributed by atoms with Crippen molar-refractivity contribution in [3.8, 4) is 28.4 Å². The molecule has 0 aliphatic carbocycles. The highest BCUT2D eigenvalue weighted by molar-refractivity contribution is 5.64. The lowest BCUT2D eigenvalue weighted by Crippen LogP contribution is -2.18. The molecule has 0 saturated heterocycles. The Balaban J connectivity index is 0.000000182. The first kappa shape index (κ1) is 32.0. The number of aryl methyl sites for hydroxylation is 3. The lowest BCUT2D eigenvalue weighted by Gasteiger charge is -2.26. The zero-order valence-electron chi connectivity index (χ0n) is 26.3. The lowest BCUT2D eigenvalue weighted by atomic mass is 9.78. The van der Waals surface area contributed by atoms with E-state index in [4.69, 9.17) is 14.2 Å². The third kappa shape index (κ3) is 9.27. The molecule has 0 bridgehead atoms. The number of ether oxygens (including phenoxy) is 3. The van der Waals surface area contributed by atoms with Gasteiger partial charge in [-0.05, 0) is 79.4 Å². The first-order valence-electron chi connectivity index (χ1n) is 14.2. The van der Waals surface area contributed by atoms with Crippen LogP contribution in [0.1, 0.15) is 41.7 Å². The smallest absolute Gasteiger partial charge is 0.118 e. The maximum absolute atomic E-state index is 5.20. The van der Waals surface area contributed by atoms with Crippen LogP contribution in [-0.2, 0) is 5.41 Å². The van der Waals surface area contributed by atoms with Gasteiger partial charge in [0.05, 0.1) is 21.3 Å². The molecule has 0 unspecified atom stereocenters. The van der Waals surface area contributed by atoms with Gasteiger partial charge in [-0.15, -0.1) is 0 Å². The molecule has 218 valence electrons. The Hall–Kier alpha value is -4.50. The molecule has 0 N–H and O–H groups in total. The molecule has 0 heterocycles. The van der Waals surface area contributed by atoms with Crippen LogP contribution in [0.3, 0.4) is 0 Å². The van der Waals surface area contributed by atoms with Crippen molar-refractivity contribution in [3.05, 3.63) is 149 Å². The Labute approximate surface area is 252 Å². The third-order valence-electron chi connectivity index (χ3n) is 7.32. The van der Waals surface area contributed by atoms with Crippen molar-refractivity contribution in [2.45, 2.75) is 40.0 Å². The molecule has 0 atom stereocenters. The Kier molecular flexibility index (Phi) is 11.8. The number of methoxy groups -OCH3 is 3. The SMILES string of the molecule is COc1ccc(-c2ccc(C)cc2)cc1.COc1ccc(C(C)(C)c2ccc(C)cc2)cc1.COc1ccc(C)cc1. The van der Waals surface area contributed by atoms with E-state index in [2.05, 4.69) is 107 Å². The molecule has 0 aliphatic heterocycles. The van der Waals surface area contributed by atoms with Crippen LogP contribution in [0.2, 0.25) is 0 Å². The second-order valence-electron chi connectivity index (χ2n) is 10.8. The molecule has 5 aromatic carbocycles. The van der Waals surface area contributed by atoms with Crippen molar-refractivity contribution in [1.82, 2.24) is 0 Å². The predicted octanol–water partition coefficient (Wildman–Crippen LogP) is 10.0. The molecule has 0 fully saturated rings. The van der Waals surface area contributed by atoms with Crippen LogP contribution in [0, 0.1) is 20.8 Å². The van der Waals surface area contributed by atoms with Gasteiger partial charge in [-0.3, -0.25) is 0 Å². The summed E-state index contributed by atoms with van der Waals surface area (Å²) in [6.45, 7) is 10.8. The summed E-state index contributed by atoms with van der Waals surface area (Å²) in [6.07, 6.45) is 0. The molecule has 0 aromatic heterocycles. The fourth-order valence-electron chi connectivity index (χ4n) is 4.35. The van der Waals surface area contributed by atoms with E-state index in [1.807, 2.05) is 48.5 Å². The molecule has 0 saturated carbocycles. The molecule has 5 rings (SSSR count). The Morgan fingerprint density at radius 3 is 0.952 bits per heavy atom. The number of hydrogen-bond donors (Lipinski definition) is 0. The van der Waals surface area contributed by atoms with Gasteiger partial charge in [-0.25, -0.2) is 0 Å². The van der Waals surface area contributed by atoms with E-state index in [9.17, 15) is 0 Å². The van der Waals surface area contributed by atoms with E-state index >= 15 is 0 Å². The van der Waals surface area contributed by atoms with Crippen molar-refractivity contribution in [3.63, 3.8) is 0 Å². The first-order valence-corrected chi connectivity index (χ1v) is 14.2. The van der Waals surface area contributed by atoms with Crippen molar-refractivity contribution in [2.75, 3.05) is 21.3 Å². The van der Waals surface area contributed by atoms with Gasteiger partial charge >= 0.3 is 0 Å². The number of rotatable bonds is 6. The summed E-state index contributed by atoms with van der Waals surface area (Å²) >= 11 is 0. The van der Waals surface area contributed by atoms with Gasteiger partial charge in [0.1, 0.15) is 17.2 Å². The van der Waals surface area contributed by atoms with Gasteiger partial charge in [0.2, 0.25) is 0 Å². The van der Waals surface area contributed by atoms with Crippen molar-refractivity contribution < 1.29 is 14.2 Å². The standard InChI is InChI=1S/C17H20O.C14H14O.C8H10O/c1-13-5-7-14(8-6-13)17(2,3)15-9-11-16(18-4)12-10-15;1-11-3-5-12(6-4-11)13-7-9-14(15-2)10-8-13;1-7-3-5-8(9-2)6-4-7/h5-12H,1-4H3;3-10H,1-2H3;3-6H,1-2H3. The highest BCUT2D eigenvalue weighted by atomic mass is 16.5. The van der Waals surface area contributed by atoms with Gasteiger partial charge < -0.3 is 14.2 Å². The number of hydrogen-bond acceptors (Lipinski definition) is 3. The minimum Gasteiger partial charge on any atom is -0.497 e. The summed E-state index contributed by atoms with van der Waals surface area (Å²) in [5, 5.41) is 0. The van der Waals surface area contributed by atoms with Crippen LogP contribution in [0.5, 0.6) is 17.2 Å². The monoisotopic (exact) mass is 560 g/mol. The zero-order valence-corrected chi connectivity index (χ0v) is 26.3. The number of benzene rings is 5. The average Bonchev–Trinajstić information content (AvgIpc) is 3.03. The van der Waals surface area contributed by atoms with Crippen LogP contribution in [0.4, 0.5) is 0 Å². The molecule has 3 heteroatoms. The second-order valence-corrected chi connectivity index (χ2v) is 10.8. The molecular weight excluding hydrogens is 516 g/mol. The zero-order chi connectivity index (χ0) is 30.5. The van der Waals surface area contributed by atoms with E-state index in [0.29, 0.717) is 0 Å². The van der Waals surface area contributed by atoms with Crippen LogP contribution in [0.15, 0.2) is 121 Å². The minimum absolute atomic E-state index is 0.0139. The summed E-state index contributed by atoms with van der Waals surface area (Å²) < 4.78 is 15.3. The van der Waals surface area contributed by atoms with Gasteiger partial charge in [0.15, 0.2) is 0 Å². The second kappa shape index (κ2) is 15.5. The summed E-state index contributed by atoms with van der Waals surface area (Å²) in [5.41, 5.74) is 8.94. The highest BCUT2D eigenvalue weighted by Crippen LogP contribution is 2.32. The van der Waals surface area contributed by atoms with Crippen molar-refractivity contribution >= 4 is 0 Å². The summed E-state index contributed by atoms with van der Waals surface area (Å²) in [4.78, 5) is 0. The van der Waals surface area contributed by atoms with Crippen LogP contribution in [0.25, 0.3) is 11.1 Å². The van der Waals surface area contributed by atoms with Crippen LogP contribution in [-0.4, -0.2) is 21.3 Å². The Morgan fingerprint density at radius 2 is 0.595 bits per heavy atom. The summed E-state index contributed by atoms with van der Waals surface area (Å²) in [6, 6.07) is 41.7. The topological polar surface area (TPSA) is 27.7 Å². The molecule has 5 aromatic rings. The molecule has 42 heavy (non-hydrogen) atoms. The van der Waals surface area contributed by atoms with Crippen molar-refractivity contribution in [2.24, 2.45) is 0 Å². The predicted molar refractivity (Wildman–Crippen MR) is 177 cm³/mol. The molecule has 0 amide bonds. The van der Waals surface area contributed by atoms with Crippen molar-refractivity contribution in [1.29, 1.82) is 0 Å². The molecule has 0 radical (unpaired) electrons. The maximum Gasteiger partial charge on any atom is 0.118 e. The molecule has 0 aliphatic rings. The van der Waals surface area contributed by atoms with Crippen LogP contribution >= 0.6 is 0 Å². The Bertz CT molecular complexity index is 1460. The quantitative estimate of drug-likeness (QED) is 0.207. The largest absolute Gasteiger partial charge is 0.497 e. The lowest BCUT2D eigenvalue weighted by molar-refractivity contribution is 0.414. The van der Waals surface area contributed by atoms with Gasteiger partial charge in [0.25, 0.3) is 0 Å². The van der Waals surface area contributed by atoms with Gasteiger partial charge in [-0.2, -0.15) is 0 Å². The first-order chi connectivity index (χ1) is 20.2. The van der Waals surface area contributed by atoms with Crippen LogP contribution < -0.4 is 14.2 Å². The fourth-order valence-corrected chi connectivity index (χ4v) is 4.35. The fraction of sp³-hybridized carbons (Fsp3) is 0.231. The van der Waals surface area contributed by atoms with E-state index in [-0.39, 0.29) is 5.41 Å². The Morgan fingerprint density at radius 1 is 0.357 bits per heavy atom. The van der Waals surface area contributed by atoms with E-state index in [1.54, 1.807) is 21.3 Å². The highest BCUT2D eigenvalue weighted by Gasteiger charge is 2.22. The molecule has 0 spiro atoms. The van der Waals surface area contributed by atoms with E-state index in [0.717, 1.165) is 17.2 Å². The summed E-state index contributed by atoms with van der Waals surface area (Å²) in [7, 11) is 5.05. The van der Waals surface area contributed by atoms with E-state index < -0.39 is 0 Å². The normalized spacial score (nSPS) is 10.4. The minimum atomic E-state index is 0.0139. The average molecular weight is 561 g/mol. The molecular formula is C39H44O3. The van der Waals surface area contributed by atoms with E-state index in [1.165, 1.54) is 38.9 Å². The maximum atomic E-state index is 5.20. The van der Waals surface area contributed by atoms with Gasteiger partial charge in [0, 0.05) is 5.41 Å². The summed E-state index contributed by atoms with van der Waals surface area (Å²) in [5.74, 6) is 2.71. The van der Waals surface area contributed by atoms with Gasteiger partial charge in [-0.1, -0.05) is 115 Å². The molecule has 3 nitrogen and oxygen atoms in total. The third-order valence-corrected chi connectivity index (χ3v) is 7.32.